The van der Waals surface area contributed by atoms with Crippen LogP contribution in [0.4, 0.5) is 4.39 Å². The van der Waals surface area contributed by atoms with Gasteiger partial charge in [0.2, 0.25) is 5.78 Å². The number of halogens is 1. The van der Waals surface area contributed by atoms with Gasteiger partial charge in [-0.25, -0.2) is 4.39 Å². The van der Waals surface area contributed by atoms with Gasteiger partial charge < -0.3 is 18.7 Å². The SMILES string of the molecule is CCCN(CC)C1c2onc(OCc3ccccc3)c2C(=O)C2(OC)C(=O)C3C(=O)c4c(c(F)c5c(c4OCc4ccccc4)CN(C(C)(C)C)C5)CC3(C)CC12. The molecule has 0 spiro atoms. The fraction of sp³-hybridized carbons (Fsp3) is 0.478. The van der Waals surface area contributed by atoms with Gasteiger partial charge in [-0.15, -0.1) is 0 Å². The highest BCUT2D eigenvalue weighted by Crippen LogP contribution is 2.61. The summed E-state index contributed by atoms with van der Waals surface area (Å²) < 4.78 is 42.2. The number of carbonyl (C=O) groups is 3. The number of ketones is 3. The predicted molar refractivity (Wildman–Crippen MR) is 211 cm³/mol. The van der Waals surface area contributed by atoms with E-state index >= 15 is 18.8 Å². The van der Waals surface area contributed by atoms with Crippen molar-refractivity contribution < 1.29 is 37.5 Å². The molecule has 3 aliphatic carbocycles. The molecule has 10 nitrogen and oxygen atoms in total. The first-order valence-electron chi connectivity index (χ1n) is 20.2. The van der Waals surface area contributed by atoms with Crippen molar-refractivity contribution in [1.29, 1.82) is 0 Å². The molecule has 4 aliphatic rings. The molecule has 300 valence electrons. The number of methoxy groups -OCH3 is 1. The third-order valence-electron chi connectivity index (χ3n) is 12.9. The minimum atomic E-state index is -2.06. The standard InChI is InChI=1S/C46H52FN3O7/c1-8-20-49(9-2)37-32-22-45(6)21-29-33(39(55-25-27-16-12-10-13-17-27)31-24-50(44(3,4)5)23-30(31)36(29)47)38(51)35(45)42(53)46(32,54-7)41(52)34-40(37)57-48-43(34)56-26-28-18-14-11-15-19-28/h10-19,32,35,37H,8-9,20-26H2,1-7H3. The van der Waals surface area contributed by atoms with Crippen LogP contribution in [-0.4, -0.2) is 63.6 Å². The van der Waals surface area contributed by atoms with Crippen molar-refractivity contribution in [3.63, 3.8) is 0 Å². The Morgan fingerprint density at radius 2 is 1.54 bits per heavy atom. The van der Waals surface area contributed by atoms with Crippen molar-refractivity contribution >= 4 is 17.3 Å². The number of hydrogen-bond donors (Lipinski definition) is 0. The zero-order valence-electron chi connectivity index (χ0n) is 33.9. The van der Waals surface area contributed by atoms with Crippen LogP contribution < -0.4 is 9.47 Å². The van der Waals surface area contributed by atoms with E-state index in [-0.39, 0.29) is 54.2 Å². The Hall–Kier alpha value is -4.71. The third-order valence-corrected chi connectivity index (χ3v) is 12.9. The highest BCUT2D eigenvalue weighted by molar-refractivity contribution is 6.27. The van der Waals surface area contributed by atoms with Gasteiger partial charge in [0.1, 0.15) is 30.3 Å². The van der Waals surface area contributed by atoms with Crippen LogP contribution in [0.25, 0.3) is 0 Å². The summed E-state index contributed by atoms with van der Waals surface area (Å²) in [5.74, 6) is -3.69. The van der Waals surface area contributed by atoms with E-state index in [1.165, 1.54) is 7.11 Å². The Kier molecular flexibility index (Phi) is 10.0. The van der Waals surface area contributed by atoms with Crippen molar-refractivity contribution in [2.45, 2.75) is 104 Å². The number of hydrogen-bond acceptors (Lipinski definition) is 10. The largest absolute Gasteiger partial charge is 0.488 e. The number of rotatable bonds is 11. The first-order valence-corrected chi connectivity index (χ1v) is 20.2. The molecule has 0 amide bonds. The molecule has 0 saturated heterocycles. The molecule has 1 saturated carbocycles. The fourth-order valence-electron chi connectivity index (χ4n) is 10.1. The Morgan fingerprint density at radius 1 is 0.912 bits per heavy atom. The molecule has 1 aliphatic heterocycles. The van der Waals surface area contributed by atoms with Crippen molar-refractivity contribution in [1.82, 2.24) is 15.0 Å². The summed E-state index contributed by atoms with van der Waals surface area (Å²) in [6, 6.07) is 18.5. The smallest absolute Gasteiger partial charge is 0.265 e. The van der Waals surface area contributed by atoms with Gasteiger partial charge in [-0.1, -0.05) is 81.4 Å². The Balaban J connectivity index is 1.27. The number of Topliss-reactive ketones (excluding diaryl/α,β-unsaturated/α-hetero) is 3. The molecule has 0 radical (unpaired) electrons. The summed E-state index contributed by atoms with van der Waals surface area (Å²) in [6.07, 6.45) is 1.11. The van der Waals surface area contributed by atoms with Crippen LogP contribution in [0.2, 0.25) is 0 Å². The number of nitrogens with zero attached hydrogens (tertiary/aromatic N) is 3. The molecule has 8 rings (SSSR count). The lowest BCUT2D eigenvalue weighted by Gasteiger charge is -2.56. The van der Waals surface area contributed by atoms with E-state index in [1.807, 2.05) is 74.5 Å². The Bertz CT molecular complexity index is 2220. The normalized spacial score (nSPS) is 25.5. The van der Waals surface area contributed by atoms with Gasteiger partial charge in [-0.2, -0.15) is 0 Å². The molecule has 4 aromatic rings. The summed E-state index contributed by atoms with van der Waals surface area (Å²) in [7, 11) is 1.37. The number of benzene rings is 3. The zero-order chi connectivity index (χ0) is 40.4. The van der Waals surface area contributed by atoms with Crippen LogP contribution in [0.5, 0.6) is 11.6 Å². The quantitative estimate of drug-likeness (QED) is 0.139. The maximum Gasteiger partial charge on any atom is 0.265 e. The Morgan fingerprint density at radius 3 is 2.14 bits per heavy atom. The third kappa shape index (κ3) is 6.15. The zero-order valence-corrected chi connectivity index (χ0v) is 33.9. The number of ether oxygens (including phenoxy) is 3. The van der Waals surface area contributed by atoms with Gasteiger partial charge in [-0.05, 0) is 74.8 Å². The lowest BCUT2D eigenvalue weighted by atomic mass is 9.48. The molecule has 0 N–H and O–H groups in total. The average molecular weight is 778 g/mol. The minimum Gasteiger partial charge on any atom is -0.488 e. The first kappa shape index (κ1) is 39.1. The lowest BCUT2D eigenvalue weighted by molar-refractivity contribution is -0.166. The van der Waals surface area contributed by atoms with Crippen molar-refractivity contribution in [2.24, 2.45) is 17.3 Å². The summed E-state index contributed by atoms with van der Waals surface area (Å²) in [6.45, 7) is 14.4. The van der Waals surface area contributed by atoms with Gasteiger partial charge in [0.25, 0.3) is 5.88 Å². The molecule has 2 heterocycles. The minimum absolute atomic E-state index is 0.0228. The van der Waals surface area contributed by atoms with E-state index < -0.39 is 52.1 Å². The molecule has 57 heavy (non-hydrogen) atoms. The first-order chi connectivity index (χ1) is 27.3. The van der Waals surface area contributed by atoms with E-state index in [9.17, 15) is 0 Å². The molecule has 5 unspecified atom stereocenters. The van der Waals surface area contributed by atoms with Gasteiger partial charge in [0.05, 0.1) is 17.5 Å². The molecule has 11 heteroatoms. The molecule has 1 aromatic heterocycles. The fourth-order valence-corrected chi connectivity index (χ4v) is 10.1. The Labute approximate surface area is 333 Å². The van der Waals surface area contributed by atoms with Crippen molar-refractivity contribution in [3.8, 4) is 11.6 Å². The van der Waals surface area contributed by atoms with E-state index in [2.05, 4.69) is 42.7 Å². The molecule has 3 aromatic carbocycles. The molecule has 1 fully saturated rings. The molecule has 5 atom stereocenters. The number of fused-ring (bicyclic) bond motifs is 5. The topological polar surface area (TPSA) is 111 Å². The predicted octanol–water partition coefficient (Wildman–Crippen LogP) is 8.09. The number of carbonyl (C=O) groups excluding carboxylic acids is 3. The average Bonchev–Trinajstić information content (AvgIpc) is 3.84. The monoisotopic (exact) mass is 777 g/mol. The van der Waals surface area contributed by atoms with Crippen molar-refractivity contribution in [2.75, 3.05) is 20.2 Å². The van der Waals surface area contributed by atoms with E-state index in [0.717, 1.165) is 17.5 Å². The summed E-state index contributed by atoms with van der Waals surface area (Å²) in [5.41, 5.74) is -0.0890. The maximum absolute atomic E-state index is 17.2. The summed E-state index contributed by atoms with van der Waals surface area (Å²) in [4.78, 5) is 50.5. The highest BCUT2D eigenvalue weighted by Gasteiger charge is 2.71. The highest BCUT2D eigenvalue weighted by atomic mass is 19.1. The second kappa shape index (κ2) is 14.6. The van der Waals surface area contributed by atoms with E-state index in [4.69, 9.17) is 18.7 Å². The maximum atomic E-state index is 17.2. The van der Waals surface area contributed by atoms with Crippen LogP contribution in [0.3, 0.4) is 0 Å². The summed E-state index contributed by atoms with van der Waals surface area (Å²) >= 11 is 0. The van der Waals surface area contributed by atoms with Gasteiger partial charge in [0.15, 0.2) is 22.9 Å². The van der Waals surface area contributed by atoms with Gasteiger partial charge in [0, 0.05) is 48.3 Å². The van der Waals surface area contributed by atoms with Crippen molar-refractivity contribution in [3.05, 3.63) is 111 Å². The van der Waals surface area contributed by atoms with Crippen LogP contribution in [-0.2, 0) is 42.3 Å². The van der Waals surface area contributed by atoms with Crippen LogP contribution in [0.1, 0.15) is 115 Å². The molecule has 0 bridgehead atoms. The van der Waals surface area contributed by atoms with Gasteiger partial charge in [-0.3, -0.25) is 24.2 Å². The second-order valence-corrected chi connectivity index (χ2v) is 17.4. The lowest BCUT2D eigenvalue weighted by Crippen LogP contribution is -2.69. The van der Waals surface area contributed by atoms with Gasteiger partial charge >= 0.3 is 0 Å². The van der Waals surface area contributed by atoms with Crippen LogP contribution in [0, 0.1) is 23.1 Å². The van der Waals surface area contributed by atoms with E-state index in [0.29, 0.717) is 48.8 Å². The molecular formula is C46H52FN3O7. The second-order valence-electron chi connectivity index (χ2n) is 17.4. The van der Waals surface area contributed by atoms with Crippen LogP contribution >= 0.6 is 0 Å². The van der Waals surface area contributed by atoms with E-state index in [1.54, 1.807) is 0 Å². The summed E-state index contributed by atoms with van der Waals surface area (Å²) in [5, 5.41) is 4.27. The number of aromatic nitrogens is 1. The van der Waals surface area contributed by atoms with Crippen LogP contribution in [0.15, 0.2) is 65.2 Å². The molecular weight excluding hydrogens is 726 g/mol.